The number of nitrogens with zero attached hydrogens (tertiary/aromatic N) is 2. The van der Waals surface area contributed by atoms with Crippen LogP contribution in [0.4, 0.5) is 0 Å². The Hall–Kier alpha value is -2.70. The van der Waals surface area contributed by atoms with Crippen molar-refractivity contribution in [1.29, 1.82) is 0 Å². The Morgan fingerprint density at radius 1 is 1.32 bits per heavy atom. The van der Waals surface area contributed by atoms with Crippen LogP contribution in [0.5, 0.6) is 5.75 Å². The first kappa shape index (κ1) is 15.7. The summed E-state index contributed by atoms with van der Waals surface area (Å²) in [5, 5.41) is 7.95. The van der Waals surface area contributed by atoms with Crippen LogP contribution >= 0.6 is 0 Å². The van der Waals surface area contributed by atoms with Gasteiger partial charge in [0.15, 0.2) is 0 Å². The van der Waals surface area contributed by atoms with Crippen molar-refractivity contribution in [1.82, 2.24) is 15.2 Å². The summed E-state index contributed by atoms with van der Waals surface area (Å²) in [6.45, 7) is 1.72. The minimum atomic E-state index is -0.476. The first-order valence-electron chi connectivity index (χ1n) is 6.86. The van der Waals surface area contributed by atoms with E-state index >= 15 is 0 Å². The predicted octanol–water partition coefficient (Wildman–Crippen LogP) is 0.743. The molecular formula is C15H18N4O3. The van der Waals surface area contributed by atoms with Gasteiger partial charge in [-0.05, 0) is 17.7 Å². The summed E-state index contributed by atoms with van der Waals surface area (Å²) >= 11 is 0. The van der Waals surface area contributed by atoms with Crippen LogP contribution in [0.3, 0.4) is 0 Å². The zero-order valence-electron chi connectivity index (χ0n) is 12.5. The van der Waals surface area contributed by atoms with Crippen molar-refractivity contribution < 1.29 is 9.53 Å². The van der Waals surface area contributed by atoms with E-state index in [2.05, 4.69) is 15.2 Å². The number of amides is 1. The number of hydrogen-bond acceptors (Lipinski definition) is 5. The number of nitrogens with one attached hydrogen (secondary N) is 1. The molecule has 1 aromatic carbocycles. The third kappa shape index (κ3) is 3.91. The highest BCUT2D eigenvalue weighted by Gasteiger charge is 2.15. The summed E-state index contributed by atoms with van der Waals surface area (Å²) in [5.41, 5.74) is 5.98. The topological polar surface area (TPSA) is 111 Å². The van der Waals surface area contributed by atoms with E-state index in [4.69, 9.17) is 10.5 Å². The maximum absolute atomic E-state index is 12.0. The molecule has 0 saturated heterocycles. The Kier molecular flexibility index (Phi) is 4.88. The third-order valence-electron chi connectivity index (χ3n) is 3.27. The molecule has 0 spiro atoms. The number of H-pyrrole nitrogens is 1. The molecule has 116 valence electrons. The standard InChI is InChI=1S/C15H18N4O3/c1-9(7-12(16)20)14-15(21)17-13(18-19-14)8-10-3-5-11(22-2)6-4-10/h3-6,9H,7-8H2,1-2H3,(H2,16,20)(H,17,18,21). The number of benzene rings is 1. The number of aromatic amines is 1. The van der Waals surface area contributed by atoms with Crippen LogP contribution in [0.15, 0.2) is 29.1 Å². The van der Waals surface area contributed by atoms with Crippen molar-refractivity contribution in [3.63, 3.8) is 0 Å². The van der Waals surface area contributed by atoms with Crippen molar-refractivity contribution in [3.8, 4) is 5.75 Å². The summed E-state index contributed by atoms with van der Waals surface area (Å²) < 4.78 is 5.09. The van der Waals surface area contributed by atoms with Crippen LogP contribution < -0.4 is 16.0 Å². The molecule has 0 aliphatic rings. The number of hydrogen-bond donors (Lipinski definition) is 2. The van der Waals surface area contributed by atoms with E-state index in [1.54, 1.807) is 14.0 Å². The van der Waals surface area contributed by atoms with Gasteiger partial charge in [-0.15, -0.1) is 10.2 Å². The number of carbonyl (C=O) groups excluding carboxylic acids is 1. The summed E-state index contributed by atoms with van der Waals surface area (Å²) in [6, 6.07) is 7.46. The van der Waals surface area contributed by atoms with Gasteiger partial charge in [0.2, 0.25) is 5.91 Å². The molecular weight excluding hydrogens is 284 g/mol. The normalized spacial score (nSPS) is 11.9. The van der Waals surface area contributed by atoms with Crippen LogP contribution in [-0.4, -0.2) is 28.2 Å². The molecule has 0 saturated carbocycles. The molecule has 1 unspecified atom stereocenters. The number of rotatable bonds is 6. The number of methoxy groups -OCH3 is 1. The van der Waals surface area contributed by atoms with E-state index in [1.165, 1.54) is 0 Å². The highest BCUT2D eigenvalue weighted by molar-refractivity contribution is 5.74. The summed E-state index contributed by atoms with van der Waals surface area (Å²) in [7, 11) is 1.60. The van der Waals surface area contributed by atoms with Gasteiger partial charge in [0, 0.05) is 18.8 Å². The van der Waals surface area contributed by atoms with Crippen LogP contribution in [0, 0.1) is 0 Å². The van der Waals surface area contributed by atoms with Gasteiger partial charge in [0.1, 0.15) is 17.3 Å². The fraction of sp³-hybridized carbons (Fsp3) is 0.333. The minimum absolute atomic E-state index is 0.0651. The monoisotopic (exact) mass is 302 g/mol. The molecule has 2 rings (SSSR count). The van der Waals surface area contributed by atoms with Gasteiger partial charge >= 0.3 is 0 Å². The number of ether oxygens (including phenoxy) is 1. The summed E-state index contributed by atoms with van der Waals surface area (Å²) in [6.07, 6.45) is 0.520. The molecule has 1 aromatic heterocycles. The Morgan fingerprint density at radius 2 is 2.00 bits per heavy atom. The summed E-state index contributed by atoms with van der Waals surface area (Å²) in [5.74, 6) is 0.393. The van der Waals surface area contributed by atoms with Crippen LogP contribution in [-0.2, 0) is 11.2 Å². The molecule has 0 fully saturated rings. The Balaban J connectivity index is 2.14. The molecule has 0 radical (unpaired) electrons. The highest BCUT2D eigenvalue weighted by atomic mass is 16.5. The van der Waals surface area contributed by atoms with Gasteiger partial charge in [-0.25, -0.2) is 0 Å². The van der Waals surface area contributed by atoms with E-state index in [1.807, 2.05) is 24.3 Å². The second-order valence-electron chi connectivity index (χ2n) is 5.08. The van der Waals surface area contributed by atoms with Crippen molar-refractivity contribution in [2.45, 2.75) is 25.7 Å². The predicted molar refractivity (Wildman–Crippen MR) is 80.7 cm³/mol. The lowest BCUT2D eigenvalue weighted by Crippen LogP contribution is -2.24. The van der Waals surface area contributed by atoms with Crippen molar-refractivity contribution >= 4 is 5.91 Å². The smallest absolute Gasteiger partial charge is 0.273 e. The lowest BCUT2D eigenvalue weighted by Gasteiger charge is -2.08. The molecule has 2 aromatic rings. The summed E-state index contributed by atoms with van der Waals surface area (Å²) in [4.78, 5) is 25.6. The zero-order chi connectivity index (χ0) is 16.1. The van der Waals surface area contributed by atoms with E-state index in [0.717, 1.165) is 11.3 Å². The minimum Gasteiger partial charge on any atom is -0.497 e. The molecule has 1 heterocycles. The third-order valence-corrected chi connectivity index (χ3v) is 3.27. The molecule has 7 nitrogen and oxygen atoms in total. The van der Waals surface area contributed by atoms with Gasteiger partial charge in [0.25, 0.3) is 5.56 Å². The Labute approximate surface area is 127 Å². The fourth-order valence-electron chi connectivity index (χ4n) is 2.12. The molecule has 7 heteroatoms. The van der Waals surface area contributed by atoms with Crippen molar-refractivity contribution in [2.75, 3.05) is 7.11 Å². The van der Waals surface area contributed by atoms with Crippen LogP contribution in [0.25, 0.3) is 0 Å². The van der Waals surface area contributed by atoms with E-state index in [-0.39, 0.29) is 23.6 Å². The van der Waals surface area contributed by atoms with E-state index in [0.29, 0.717) is 12.2 Å². The second kappa shape index (κ2) is 6.84. The number of primary amides is 1. The second-order valence-corrected chi connectivity index (χ2v) is 5.08. The zero-order valence-corrected chi connectivity index (χ0v) is 12.5. The maximum atomic E-state index is 12.0. The van der Waals surface area contributed by atoms with E-state index in [9.17, 15) is 9.59 Å². The molecule has 0 aliphatic carbocycles. The molecule has 0 aliphatic heterocycles. The van der Waals surface area contributed by atoms with Crippen LogP contribution in [0.2, 0.25) is 0 Å². The van der Waals surface area contributed by atoms with Gasteiger partial charge in [0.05, 0.1) is 7.11 Å². The number of aromatic nitrogens is 3. The molecule has 1 amide bonds. The quantitative estimate of drug-likeness (QED) is 0.817. The largest absolute Gasteiger partial charge is 0.497 e. The van der Waals surface area contributed by atoms with Crippen molar-refractivity contribution in [2.24, 2.45) is 5.73 Å². The Bertz CT molecular complexity index is 709. The van der Waals surface area contributed by atoms with Gasteiger partial charge in [-0.1, -0.05) is 19.1 Å². The van der Waals surface area contributed by atoms with E-state index < -0.39 is 5.91 Å². The van der Waals surface area contributed by atoms with Crippen molar-refractivity contribution in [3.05, 3.63) is 51.7 Å². The first-order valence-corrected chi connectivity index (χ1v) is 6.86. The van der Waals surface area contributed by atoms with Gasteiger partial charge in [-0.2, -0.15) is 0 Å². The number of carbonyl (C=O) groups is 1. The molecule has 0 bridgehead atoms. The Morgan fingerprint density at radius 3 is 2.55 bits per heavy atom. The first-order chi connectivity index (χ1) is 10.5. The van der Waals surface area contributed by atoms with Crippen LogP contribution in [0.1, 0.15) is 36.3 Å². The molecule has 1 atom stereocenters. The average molecular weight is 302 g/mol. The van der Waals surface area contributed by atoms with Gasteiger partial charge < -0.3 is 15.5 Å². The fourth-order valence-corrected chi connectivity index (χ4v) is 2.12. The number of nitrogens with two attached hydrogens (primary N) is 1. The lowest BCUT2D eigenvalue weighted by atomic mass is 10.0. The van der Waals surface area contributed by atoms with Gasteiger partial charge in [-0.3, -0.25) is 9.59 Å². The highest BCUT2D eigenvalue weighted by Crippen LogP contribution is 2.14. The molecule has 22 heavy (non-hydrogen) atoms. The average Bonchev–Trinajstić information content (AvgIpc) is 2.47. The SMILES string of the molecule is COc1ccc(Cc2nnc(C(C)CC(N)=O)c(=O)[nH]2)cc1. The molecule has 3 N–H and O–H groups in total. The lowest BCUT2D eigenvalue weighted by molar-refractivity contribution is -0.118. The maximum Gasteiger partial charge on any atom is 0.273 e.